The molecule has 0 bridgehead atoms. The van der Waals surface area contributed by atoms with Gasteiger partial charge in [-0.25, -0.2) is 4.79 Å². The van der Waals surface area contributed by atoms with Crippen molar-refractivity contribution in [2.24, 2.45) is 0 Å². The van der Waals surface area contributed by atoms with E-state index in [1.165, 1.54) is 0 Å². The largest absolute Gasteiger partial charge is 0.496 e. The van der Waals surface area contributed by atoms with Gasteiger partial charge in [0.2, 0.25) is 0 Å². The first-order valence-electron chi connectivity index (χ1n) is 6.77. The molecule has 2 aromatic carbocycles. The van der Waals surface area contributed by atoms with E-state index in [2.05, 4.69) is 27.9 Å². The Balaban J connectivity index is 2.10. The van der Waals surface area contributed by atoms with Gasteiger partial charge >= 0.3 is 6.09 Å². The Morgan fingerprint density at radius 3 is 2.50 bits per heavy atom. The summed E-state index contributed by atoms with van der Waals surface area (Å²) in [5, 5.41) is 2.85. The fourth-order valence-corrected chi connectivity index (χ4v) is 3.29. The molecular weight excluding hydrogens is 393 g/mol. The lowest BCUT2D eigenvalue weighted by Gasteiger charge is -2.27. The number of cyclic esters (lactones) is 1. The lowest BCUT2D eigenvalue weighted by Crippen LogP contribution is -2.33. The highest BCUT2D eigenvalue weighted by Gasteiger charge is 2.30. The molecule has 4 nitrogen and oxygen atoms in total. The summed E-state index contributed by atoms with van der Waals surface area (Å²) in [7, 11) is 1.60. The fourth-order valence-electron chi connectivity index (χ4n) is 2.37. The maximum atomic E-state index is 12.0. The molecule has 0 aliphatic carbocycles. The Hall–Kier alpha value is -2.02. The van der Waals surface area contributed by atoms with E-state index in [0.29, 0.717) is 11.5 Å². The molecule has 0 unspecified atom stereocenters. The monoisotopic (exact) mass is 407 g/mol. The predicted octanol–water partition coefficient (Wildman–Crippen LogP) is 4.28. The molecule has 0 spiro atoms. The summed E-state index contributed by atoms with van der Waals surface area (Å²) < 4.78 is 11.7. The third kappa shape index (κ3) is 2.81. The maximum Gasteiger partial charge on any atom is 0.413 e. The number of benzene rings is 2. The summed E-state index contributed by atoms with van der Waals surface area (Å²) in [6.45, 7) is 0. The van der Waals surface area contributed by atoms with Crippen molar-refractivity contribution in [1.82, 2.24) is 5.32 Å². The average molecular weight is 407 g/mol. The van der Waals surface area contributed by atoms with E-state index in [4.69, 9.17) is 9.47 Å². The van der Waals surface area contributed by atoms with Crippen molar-refractivity contribution in [1.29, 1.82) is 0 Å². The molecule has 0 radical (unpaired) electrons. The van der Waals surface area contributed by atoms with Gasteiger partial charge in [0.15, 0.2) is 5.76 Å². The Morgan fingerprint density at radius 2 is 1.77 bits per heavy atom. The first-order chi connectivity index (χ1) is 10.7. The zero-order valence-corrected chi connectivity index (χ0v) is 14.0. The molecule has 112 valence electrons. The van der Waals surface area contributed by atoms with Crippen LogP contribution in [0.3, 0.4) is 0 Å². The van der Waals surface area contributed by atoms with E-state index >= 15 is 0 Å². The van der Waals surface area contributed by atoms with E-state index in [0.717, 1.165) is 14.7 Å². The smallest absolute Gasteiger partial charge is 0.413 e. The van der Waals surface area contributed by atoms with Gasteiger partial charge < -0.3 is 14.8 Å². The standard InChI is InChI=1S/C17H14INO3/c1-21-13-10-6-5-9-12(13)16-14(18)15(19-17(20)22-16)11-7-3-2-4-8-11/h2-10,15H,1H3,(H,19,20)/t15-/m0/s1. The van der Waals surface area contributed by atoms with E-state index in [1.807, 2.05) is 54.6 Å². The number of hydrogen-bond acceptors (Lipinski definition) is 3. The summed E-state index contributed by atoms with van der Waals surface area (Å²) >= 11 is 2.22. The molecular formula is C17H14INO3. The van der Waals surface area contributed by atoms with Crippen molar-refractivity contribution in [3.05, 3.63) is 69.3 Å². The topological polar surface area (TPSA) is 47.6 Å². The molecule has 1 aliphatic heterocycles. The molecule has 1 aliphatic rings. The number of methoxy groups -OCH3 is 1. The van der Waals surface area contributed by atoms with Crippen LogP contribution in [-0.4, -0.2) is 13.2 Å². The van der Waals surface area contributed by atoms with Crippen LogP contribution in [0.2, 0.25) is 0 Å². The van der Waals surface area contributed by atoms with Crippen molar-refractivity contribution in [3.8, 4) is 5.75 Å². The van der Waals surface area contributed by atoms with E-state index < -0.39 is 6.09 Å². The van der Waals surface area contributed by atoms with E-state index in [9.17, 15) is 4.79 Å². The SMILES string of the molecule is COc1ccccc1C1=C(I)[C@H](c2ccccc2)NC(=O)O1. The Bertz CT molecular complexity index is 728. The third-order valence-corrected chi connectivity index (χ3v) is 4.52. The zero-order chi connectivity index (χ0) is 15.5. The minimum Gasteiger partial charge on any atom is -0.496 e. The van der Waals surface area contributed by atoms with Crippen LogP contribution in [0.4, 0.5) is 4.79 Å². The van der Waals surface area contributed by atoms with Crippen LogP contribution in [0, 0.1) is 0 Å². The van der Waals surface area contributed by atoms with Gasteiger partial charge in [-0.05, 0) is 40.3 Å². The van der Waals surface area contributed by atoms with Crippen molar-refractivity contribution in [2.45, 2.75) is 6.04 Å². The van der Waals surface area contributed by atoms with Crippen molar-refractivity contribution in [3.63, 3.8) is 0 Å². The summed E-state index contributed by atoms with van der Waals surface area (Å²) in [6.07, 6.45) is -0.463. The highest BCUT2D eigenvalue weighted by molar-refractivity contribution is 14.1. The van der Waals surface area contributed by atoms with Gasteiger partial charge in [-0.15, -0.1) is 0 Å². The number of para-hydroxylation sites is 1. The summed E-state index contributed by atoms with van der Waals surface area (Å²) in [5.74, 6) is 1.21. The number of nitrogens with one attached hydrogen (secondary N) is 1. The number of amides is 1. The number of rotatable bonds is 3. The second-order valence-corrected chi connectivity index (χ2v) is 5.92. The highest BCUT2D eigenvalue weighted by atomic mass is 127. The molecule has 0 aromatic heterocycles. The van der Waals surface area contributed by atoms with E-state index in [1.54, 1.807) is 7.11 Å². The molecule has 0 fully saturated rings. The predicted molar refractivity (Wildman–Crippen MR) is 92.7 cm³/mol. The van der Waals surface area contributed by atoms with Crippen LogP contribution in [0.5, 0.6) is 5.75 Å². The fraction of sp³-hybridized carbons (Fsp3) is 0.118. The number of ether oxygens (including phenoxy) is 2. The summed E-state index contributed by atoms with van der Waals surface area (Å²) in [5.41, 5.74) is 1.78. The van der Waals surface area contributed by atoms with Crippen LogP contribution in [0.1, 0.15) is 17.2 Å². The van der Waals surface area contributed by atoms with Crippen LogP contribution < -0.4 is 10.1 Å². The molecule has 0 saturated heterocycles. The molecule has 0 saturated carbocycles. The zero-order valence-electron chi connectivity index (χ0n) is 11.9. The number of halogens is 1. The Labute approximate surface area is 142 Å². The van der Waals surface area contributed by atoms with Gasteiger partial charge in [-0.2, -0.15) is 0 Å². The molecule has 22 heavy (non-hydrogen) atoms. The van der Waals surface area contributed by atoms with Gasteiger partial charge in [0.1, 0.15) is 5.75 Å². The minimum atomic E-state index is -0.463. The third-order valence-electron chi connectivity index (χ3n) is 3.41. The molecule has 1 atom stereocenters. The second-order valence-electron chi connectivity index (χ2n) is 4.75. The minimum absolute atomic E-state index is 0.219. The van der Waals surface area contributed by atoms with Crippen molar-refractivity contribution in [2.75, 3.05) is 7.11 Å². The summed E-state index contributed by atoms with van der Waals surface area (Å²) in [6, 6.07) is 17.1. The molecule has 2 aromatic rings. The van der Waals surface area contributed by atoms with Gasteiger partial charge in [0.25, 0.3) is 0 Å². The first kappa shape index (κ1) is 14.9. The lowest BCUT2D eigenvalue weighted by molar-refractivity contribution is 0.184. The van der Waals surface area contributed by atoms with Crippen molar-refractivity contribution >= 4 is 34.4 Å². The molecule has 5 heteroatoms. The molecule has 1 heterocycles. The second kappa shape index (κ2) is 6.39. The van der Waals surface area contributed by atoms with E-state index in [-0.39, 0.29) is 6.04 Å². The van der Waals surface area contributed by atoms with Crippen LogP contribution in [0.15, 0.2) is 58.2 Å². The quantitative estimate of drug-likeness (QED) is 0.773. The Kier molecular flexibility index (Phi) is 4.33. The number of alkyl carbamates (subject to hydrolysis) is 1. The molecule has 1 amide bonds. The van der Waals surface area contributed by atoms with Crippen LogP contribution >= 0.6 is 22.6 Å². The van der Waals surface area contributed by atoms with Crippen molar-refractivity contribution < 1.29 is 14.3 Å². The molecule has 1 N–H and O–H groups in total. The Morgan fingerprint density at radius 1 is 1.09 bits per heavy atom. The first-order valence-corrected chi connectivity index (χ1v) is 7.85. The number of carbonyl (C=O) groups is 1. The van der Waals surface area contributed by atoms with Gasteiger partial charge in [-0.1, -0.05) is 42.5 Å². The van der Waals surface area contributed by atoms with Gasteiger partial charge in [0.05, 0.1) is 22.3 Å². The average Bonchev–Trinajstić information content (AvgIpc) is 2.57. The van der Waals surface area contributed by atoms with Crippen LogP contribution in [-0.2, 0) is 4.74 Å². The maximum absolute atomic E-state index is 12.0. The van der Waals surface area contributed by atoms with Crippen LogP contribution in [0.25, 0.3) is 5.76 Å². The highest BCUT2D eigenvalue weighted by Crippen LogP contribution is 2.40. The lowest BCUT2D eigenvalue weighted by atomic mass is 10.0. The van der Waals surface area contributed by atoms with Gasteiger partial charge in [-0.3, -0.25) is 0 Å². The number of hydrogen-bond donors (Lipinski definition) is 1. The summed E-state index contributed by atoms with van der Waals surface area (Å²) in [4.78, 5) is 12.0. The molecule has 3 rings (SSSR count). The van der Waals surface area contributed by atoms with Gasteiger partial charge in [0, 0.05) is 0 Å². The normalized spacial score (nSPS) is 17.7. The number of carbonyl (C=O) groups excluding carboxylic acids is 1.